The molecule has 42 heavy (non-hydrogen) atoms. The molecule has 0 saturated carbocycles. The Bertz CT molecular complexity index is 1560. The van der Waals surface area contributed by atoms with Gasteiger partial charge in [-0.25, -0.2) is 9.97 Å². The predicted molar refractivity (Wildman–Crippen MR) is 166 cm³/mol. The van der Waals surface area contributed by atoms with E-state index in [0.29, 0.717) is 10.7 Å². The van der Waals surface area contributed by atoms with Crippen LogP contribution in [-0.2, 0) is 21.4 Å². The normalized spacial score (nSPS) is 13.0. The summed E-state index contributed by atoms with van der Waals surface area (Å²) in [4.78, 5) is 48.0. The number of nitrogens with one attached hydrogen (secondary N) is 2. The number of hydrogen-bond acceptors (Lipinski definition) is 6. The molecule has 9 heteroatoms. The number of thiophene rings is 1. The number of benzene rings is 2. The summed E-state index contributed by atoms with van der Waals surface area (Å²) in [6.45, 7) is 7.58. The first-order valence-corrected chi connectivity index (χ1v) is 14.4. The largest absolute Gasteiger partial charge is 0.480 e. The Hall–Kier alpha value is -4.63. The summed E-state index contributed by atoms with van der Waals surface area (Å²) >= 11 is 1.37. The molecule has 4 rings (SSSR count). The Kier molecular flexibility index (Phi) is 9.64. The predicted octanol–water partition coefficient (Wildman–Crippen LogP) is 5.60. The average Bonchev–Trinajstić information content (AvgIpc) is 3.49. The van der Waals surface area contributed by atoms with Crippen molar-refractivity contribution < 1.29 is 19.5 Å². The van der Waals surface area contributed by atoms with Crippen LogP contribution in [0.1, 0.15) is 58.9 Å². The Labute approximate surface area is 249 Å². The zero-order chi connectivity index (χ0) is 30.3. The highest BCUT2D eigenvalue weighted by atomic mass is 32.1. The van der Waals surface area contributed by atoms with Crippen LogP contribution in [-0.4, -0.2) is 44.9 Å². The maximum atomic E-state index is 13.1. The summed E-state index contributed by atoms with van der Waals surface area (Å²) in [6, 6.07) is 19.0. The van der Waals surface area contributed by atoms with Crippen molar-refractivity contribution in [2.24, 2.45) is 0 Å². The molecule has 2 heterocycles. The number of carboxylic acids is 1. The summed E-state index contributed by atoms with van der Waals surface area (Å²) in [5.41, 5.74) is 3.44. The smallest absolute Gasteiger partial charge is 0.325 e. The van der Waals surface area contributed by atoms with Gasteiger partial charge in [0.2, 0.25) is 5.91 Å². The lowest BCUT2D eigenvalue weighted by Gasteiger charge is -2.20. The number of carboxylic acid groups (broad SMARTS) is 1. The van der Waals surface area contributed by atoms with Crippen molar-refractivity contribution in [1.29, 1.82) is 0 Å². The number of amides is 2. The molecule has 0 bridgehead atoms. The van der Waals surface area contributed by atoms with Crippen molar-refractivity contribution >= 4 is 41.3 Å². The Morgan fingerprint density at radius 2 is 1.52 bits per heavy atom. The van der Waals surface area contributed by atoms with Crippen molar-refractivity contribution in [3.63, 3.8) is 0 Å². The molecule has 3 N–H and O–H groups in total. The summed E-state index contributed by atoms with van der Waals surface area (Å²) in [5, 5.41) is 14.5. The lowest BCUT2D eigenvalue weighted by molar-refractivity contribution is -0.141. The summed E-state index contributed by atoms with van der Waals surface area (Å²) in [6.07, 6.45) is 7.63. The number of carbonyl (C=O) groups is 3. The highest BCUT2D eigenvalue weighted by molar-refractivity contribution is 7.14. The fourth-order valence-corrected chi connectivity index (χ4v) is 5.00. The number of nitrogens with zero attached hydrogens (tertiary/aromatic N) is 2. The fourth-order valence-electron chi connectivity index (χ4n) is 4.03. The standard InChI is InChI=1S/C33H34N4O4S/c1-21(32(40)41)36-30(38)26(37-31(39)27-16-17-28(42-27)33(2,3)4)18-23-12-14-25(15-13-23)29-34-19-24(20-35-29)11-10-22-8-6-5-7-9-22/h5-17,19-21,26H,18H2,1-4H3,(H,36,38)(H,37,39)(H,40,41). The molecule has 0 aliphatic rings. The van der Waals surface area contributed by atoms with Gasteiger partial charge in [-0.15, -0.1) is 11.3 Å². The fraction of sp³-hybridized carbons (Fsp3) is 0.242. The van der Waals surface area contributed by atoms with Gasteiger partial charge >= 0.3 is 5.97 Å². The third-order valence-corrected chi connectivity index (χ3v) is 8.02. The van der Waals surface area contributed by atoms with E-state index < -0.39 is 24.0 Å². The van der Waals surface area contributed by atoms with Crippen molar-refractivity contribution in [2.45, 2.75) is 51.6 Å². The van der Waals surface area contributed by atoms with Gasteiger partial charge in [0.05, 0.1) is 4.88 Å². The lowest BCUT2D eigenvalue weighted by Crippen LogP contribution is -2.51. The minimum atomic E-state index is -1.16. The van der Waals surface area contributed by atoms with Crippen LogP contribution in [0.2, 0.25) is 0 Å². The second-order valence-electron chi connectivity index (χ2n) is 11.0. The highest BCUT2D eigenvalue weighted by Gasteiger charge is 2.26. The number of aliphatic carboxylic acids is 1. The summed E-state index contributed by atoms with van der Waals surface area (Å²) in [5.74, 6) is -1.56. The number of aromatic nitrogens is 2. The SMILES string of the molecule is CC(NC(=O)C(Cc1ccc(-c2ncc(C=Cc3ccccc3)cn2)cc1)NC(=O)c1ccc(C(C)(C)C)s1)C(=O)O. The van der Waals surface area contributed by atoms with Crippen LogP contribution in [0.4, 0.5) is 0 Å². The summed E-state index contributed by atoms with van der Waals surface area (Å²) in [7, 11) is 0. The molecule has 2 aromatic carbocycles. The molecule has 0 aliphatic carbocycles. The van der Waals surface area contributed by atoms with Crippen LogP contribution >= 0.6 is 11.3 Å². The molecule has 0 fully saturated rings. The Morgan fingerprint density at radius 1 is 0.881 bits per heavy atom. The monoisotopic (exact) mass is 582 g/mol. The van der Waals surface area contributed by atoms with Gasteiger partial charge in [0.1, 0.15) is 12.1 Å². The second-order valence-corrected chi connectivity index (χ2v) is 12.1. The van der Waals surface area contributed by atoms with E-state index in [0.717, 1.165) is 27.1 Å². The molecule has 0 radical (unpaired) electrons. The van der Waals surface area contributed by atoms with Gasteiger partial charge in [-0.2, -0.15) is 0 Å². The zero-order valence-corrected chi connectivity index (χ0v) is 24.8. The van der Waals surface area contributed by atoms with E-state index in [1.807, 2.05) is 72.8 Å². The third kappa shape index (κ3) is 8.20. The van der Waals surface area contributed by atoms with E-state index in [1.165, 1.54) is 18.3 Å². The first-order valence-electron chi connectivity index (χ1n) is 13.6. The number of hydrogen-bond donors (Lipinski definition) is 3. The van der Waals surface area contributed by atoms with Crippen LogP contribution in [0.5, 0.6) is 0 Å². The van der Waals surface area contributed by atoms with E-state index in [1.54, 1.807) is 18.5 Å². The van der Waals surface area contributed by atoms with Gasteiger partial charge in [0.15, 0.2) is 5.82 Å². The van der Waals surface area contributed by atoms with Crippen molar-refractivity contribution in [2.75, 3.05) is 0 Å². The van der Waals surface area contributed by atoms with Crippen LogP contribution < -0.4 is 10.6 Å². The molecule has 2 amide bonds. The molecule has 2 atom stereocenters. The van der Waals surface area contributed by atoms with Gasteiger partial charge in [-0.05, 0) is 35.6 Å². The van der Waals surface area contributed by atoms with Gasteiger partial charge < -0.3 is 15.7 Å². The molecule has 8 nitrogen and oxygen atoms in total. The maximum Gasteiger partial charge on any atom is 0.325 e. The van der Waals surface area contributed by atoms with E-state index in [4.69, 9.17) is 0 Å². The molecule has 2 unspecified atom stereocenters. The molecule has 0 spiro atoms. The van der Waals surface area contributed by atoms with Gasteiger partial charge in [0.25, 0.3) is 5.91 Å². The van der Waals surface area contributed by atoms with Crippen LogP contribution in [0.3, 0.4) is 0 Å². The molecular weight excluding hydrogens is 548 g/mol. The van der Waals surface area contributed by atoms with Crippen LogP contribution in [0, 0.1) is 0 Å². The molecule has 0 aliphatic heterocycles. The second kappa shape index (κ2) is 13.4. The Morgan fingerprint density at radius 3 is 2.12 bits per heavy atom. The Balaban J connectivity index is 1.47. The number of rotatable bonds is 10. The molecule has 4 aromatic rings. The molecule has 2 aromatic heterocycles. The van der Waals surface area contributed by atoms with E-state index in [-0.39, 0.29) is 17.7 Å². The van der Waals surface area contributed by atoms with Crippen LogP contribution in [0.15, 0.2) is 79.1 Å². The summed E-state index contributed by atoms with van der Waals surface area (Å²) < 4.78 is 0. The van der Waals surface area contributed by atoms with E-state index in [9.17, 15) is 19.5 Å². The molecule has 216 valence electrons. The number of carbonyl (C=O) groups excluding carboxylic acids is 2. The minimum Gasteiger partial charge on any atom is -0.480 e. The topological polar surface area (TPSA) is 121 Å². The maximum absolute atomic E-state index is 13.1. The average molecular weight is 583 g/mol. The van der Waals surface area contributed by atoms with E-state index in [2.05, 4.69) is 41.4 Å². The minimum absolute atomic E-state index is 0.110. The van der Waals surface area contributed by atoms with Gasteiger partial charge in [-0.3, -0.25) is 14.4 Å². The van der Waals surface area contributed by atoms with Gasteiger partial charge in [0, 0.05) is 34.8 Å². The van der Waals surface area contributed by atoms with Crippen molar-refractivity contribution in [3.8, 4) is 11.4 Å². The van der Waals surface area contributed by atoms with Crippen molar-refractivity contribution in [1.82, 2.24) is 20.6 Å². The third-order valence-electron chi connectivity index (χ3n) is 6.51. The quantitative estimate of drug-likeness (QED) is 0.224. The first-order chi connectivity index (χ1) is 20.0. The van der Waals surface area contributed by atoms with Crippen molar-refractivity contribution in [3.05, 3.63) is 106 Å². The first kappa shape index (κ1) is 30.3. The lowest BCUT2D eigenvalue weighted by atomic mass is 9.95. The highest BCUT2D eigenvalue weighted by Crippen LogP contribution is 2.29. The molecular formula is C33H34N4O4S. The van der Waals surface area contributed by atoms with Crippen LogP contribution in [0.25, 0.3) is 23.5 Å². The molecule has 0 saturated heterocycles. The van der Waals surface area contributed by atoms with E-state index >= 15 is 0 Å². The van der Waals surface area contributed by atoms with Gasteiger partial charge in [-0.1, -0.05) is 87.5 Å². The zero-order valence-electron chi connectivity index (χ0n) is 24.0.